The molecule has 2 aromatic rings. The Morgan fingerprint density at radius 3 is 2.73 bits per heavy atom. The number of hydrogen-bond acceptors (Lipinski definition) is 5. The van der Waals surface area contributed by atoms with Crippen molar-refractivity contribution in [2.24, 2.45) is 0 Å². The van der Waals surface area contributed by atoms with Gasteiger partial charge in [-0.15, -0.1) is 0 Å². The third-order valence-corrected chi connectivity index (χ3v) is 4.90. The summed E-state index contributed by atoms with van der Waals surface area (Å²) in [6, 6.07) is 11.3. The number of rotatable bonds is 3. The molecule has 2 fully saturated rings. The Kier molecular flexibility index (Phi) is 3.58. The topological polar surface area (TPSA) is 45.4 Å². The molecule has 116 valence electrons. The number of anilines is 1. The fourth-order valence-electron chi connectivity index (χ4n) is 3.53. The zero-order valence-electron chi connectivity index (χ0n) is 13.0. The molecule has 2 aliphatic heterocycles. The Morgan fingerprint density at radius 1 is 1.14 bits per heavy atom. The van der Waals surface area contributed by atoms with Gasteiger partial charge in [-0.2, -0.15) is 4.98 Å². The SMILES string of the molecule is CC1CCCCN1C1CN(c2noc(-c3ccccc3)n2)C1. The second-order valence-corrected chi connectivity index (χ2v) is 6.41. The highest BCUT2D eigenvalue weighted by Gasteiger charge is 2.37. The molecular formula is C17H22N4O. The summed E-state index contributed by atoms with van der Waals surface area (Å²) in [4.78, 5) is 9.39. The molecule has 5 nitrogen and oxygen atoms in total. The highest BCUT2D eigenvalue weighted by molar-refractivity contribution is 5.54. The number of aromatic nitrogens is 2. The van der Waals surface area contributed by atoms with Crippen LogP contribution < -0.4 is 4.90 Å². The van der Waals surface area contributed by atoms with E-state index in [0.29, 0.717) is 18.0 Å². The minimum atomic E-state index is 0.602. The van der Waals surface area contributed by atoms with Crippen LogP contribution in [0.25, 0.3) is 11.5 Å². The van der Waals surface area contributed by atoms with Gasteiger partial charge in [0.1, 0.15) is 0 Å². The minimum Gasteiger partial charge on any atom is -0.335 e. The van der Waals surface area contributed by atoms with Gasteiger partial charge in [0.2, 0.25) is 0 Å². The Bertz CT molecular complexity index is 621. The average molecular weight is 298 g/mol. The average Bonchev–Trinajstić information content (AvgIpc) is 2.98. The second-order valence-electron chi connectivity index (χ2n) is 6.41. The summed E-state index contributed by atoms with van der Waals surface area (Å²) >= 11 is 0. The summed E-state index contributed by atoms with van der Waals surface area (Å²) in [5, 5.41) is 4.13. The van der Waals surface area contributed by atoms with Crippen molar-refractivity contribution in [2.75, 3.05) is 24.5 Å². The summed E-state index contributed by atoms with van der Waals surface area (Å²) < 4.78 is 5.39. The molecule has 1 aromatic carbocycles. The molecule has 0 N–H and O–H groups in total. The van der Waals surface area contributed by atoms with E-state index in [2.05, 4.69) is 26.9 Å². The van der Waals surface area contributed by atoms with Crippen molar-refractivity contribution >= 4 is 5.95 Å². The monoisotopic (exact) mass is 298 g/mol. The molecule has 0 amide bonds. The van der Waals surface area contributed by atoms with Crippen molar-refractivity contribution < 1.29 is 4.52 Å². The lowest BCUT2D eigenvalue weighted by Gasteiger charge is -2.48. The molecule has 0 bridgehead atoms. The van der Waals surface area contributed by atoms with E-state index in [4.69, 9.17) is 4.52 Å². The van der Waals surface area contributed by atoms with Crippen molar-refractivity contribution in [3.8, 4) is 11.5 Å². The van der Waals surface area contributed by atoms with Gasteiger partial charge in [0.25, 0.3) is 11.8 Å². The van der Waals surface area contributed by atoms with Gasteiger partial charge in [-0.25, -0.2) is 0 Å². The van der Waals surface area contributed by atoms with Crippen molar-refractivity contribution in [1.82, 2.24) is 15.0 Å². The van der Waals surface area contributed by atoms with Crippen molar-refractivity contribution in [1.29, 1.82) is 0 Å². The lowest BCUT2D eigenvalue weighted by molar-refractivity contribution is 0.0867. The summed E-state index contributed by atoms with van der Waals surface area (Å²) in [6.07, 6.45) is 4.04. The van der Waals surface area contributed by atoms with Gasteiger partial charge in [-0.3, -0.25) is 4.90 Å². The van der Waals surface area contributed by atoms with Crippen LogP contribution in [-0.2, 0) is 0 Å². The molecule has 0 aliphatic carbocycles. The number of nitrogens with zero attached hydrogens (tertiary/aromatic N) is 4. The molecular weight excluding hydrogens is 276 g/mol. The summed E-state index contributed by atoms with van der Waals surface area (Å²) in [5.41, 5.74) is 0.975. The van der Waals surface area contributed by atoms with Crippen molar-refractivity contribution in [3.63, 3.8) is 0 Å². The predicted octanol–water partition coefficient (Wildman–Crippen LogP) is 2.80. The molecule has 1 atom stereocenters. The van der Waals surface area contributed by atoms with E-state index in [0.717, 1.165) is 24.6 Å². The Balaban J connectivity index is 1.40. The molecule has 1 aromatic heterocycles. The van der Waals surface area contributed by atoms with Crippen molar-refractivity contribution in [3.05, 3.63) is 30.3 Å². The third kappa shape index (κ3) is 2.50. The minimum absolute atomic E-state index is 0.602. The smallest absolute Gasteiger partial charge is 0.266 e. The van der Waals surface area contributed by atoms with Gasteiger partial charge < -0.3 is 9.42 Å². The fourth-order valence-corrected chi connectivity index (χ4v) is 3.53. The third-order valence-electron chi connectivity index (χ3n) is 4.90. The molecule has 0 radical (unpaired) electrons. The van der Waals surface area contributed by atoms with E-state index in [9.17, 15) is 0 Å². The van der Waals surface area contributed by atoms with Crippen LogP contribution in [0.4, 0.5) is 5.95 Å². The van der Waals surface area contributed by atoms with Gasteiger partial charge in [0.15, 0.2) is 0 Å². The fraction of sp³-hybridized carbons (Fsp3) is 0.529. The maximum atomic E-state index is 5.39. The quantitative estimate of drug-likeness (QED) is 0.872. The highest BCUT2D eigenvalue weighted by Crippen LogP contribution is 2.28. The van der Waals surface area contributed by atoms with Crippen LogP contribution in [0, 0.1) is 0 Å². The van der Waals surface area contributed by atoms with E-state index in [1.54, 1.807) is 0 Å². The zero-order valence-corrected chi connectivity index (χ0v) is 13.0. The first-order valence-corrected chi connectivity index (χ1v) is 8.21. The summed E-state index contributed by atoms with van der Waals surface area (Å²) in [7, 11) is 0. The van der Waals surface area contributed by atoms with Crippen LogP contribution in [0.1, 0.15) is 26.2 Å². The second kappa shape index (κ2) is 5.72. The largest absolute Gasteiger partial charge is 0.335 e. The molecule has 0 saturated carbocycles. The standard InChI is InChI=1S/C17H22N4O/c1-13-7-5-6-10-21(13)15-11-20(12-15)17-18-16(22-19-17)14-8-3-2-4-9-14/h2-4,8-9,13,15H,5-7,10-12H2,1H3. The van der Waals surface area contributed by atoms with E-state index < -0.39 is 0 Å². The highest BCUT2D eigenvalue weighted by atomic mass is 16.5. The Labute approximate surface area is 130 Å². The van der Waals surface area contributed by atoms with Crippen LogP contribution >= 0.6 is 0 Å². The van der Waals surface area contributed by atoms with Crippen LogP contribution in [0.15, 0.2) is 34.9 Å². The van der Waals surface area contributed by atoms with Crippen LogP contribution in [-0.4, -0.2) is 46.8 Å². The maximum Gasteiger partial charge on any atom is 0.266 e. The molecule has 4 rings (SSSR count). The lowest BCUT2D eigenvalue weighted by Crippen LogP contribution is -2.62. The van der Waals surface area contributed by atoms with Crippen LogP contribution in [0.3, 0.4) is 0 Å². The van der Waals surface area contributed by atoms with Crippen LogP contribution in [0.2, 0.25) is 0 Å². The number of benzene rings is 1. The Morgan fingerprint density at radius 2 is 1.95 bits per heavy atom. The van der Waals surface area contributed by atoms with Crippen LogP contribution in [0.5, 0.6) is 0 Å². The number of hydrogen-bond donors (Lipinski definition) is 0. The van der Waals surface area contributed by atoms with E-state index >= 15 is 0 Å². The zero-order chi connectivity index (χ0) is 14.9. The molecule has 3 heterocycles. The van der Waals surface area contributed by atoms with Gasteiger partial charge in [0.05, 0.1) is 0 Å². The molecule has 5 heteroatoms. The first-order valence-electron chi connectivity index (χ1n) is 8.21. The van der Waals surface area contributed by atoms with E-state index in [-0.39, 0.29) is 0 Å². The summed E-state index contributed by atoms with van der Waals surface area (Å²) in [5.74, 6) is 1.32. The normalized spacial score (nSPS) is 23.5. The first kappa shape index (κ1) is 13.8. The molecule has 2 saturated heterocycles. The number of piperidine rings is 1. The maximum absolute atomic E-state index is 5.39. The molecule has 2 aliphatic rings. The molecule has 22 heavy (non-hydrogen) atoms. The van der Waals surface area contributed by atoms with Gasteiger partial charge in [-0.1, -0.05) is 24.6 Å². The van der Waals surface area contributed by atoms with Gasteiger partial charge >= 0.3 is 0 Å². The van der Waals surface area contributed by atoms with E-state index in [1.165, 1.54) is 25.8 Å². The Hall–Kier alpha value is -1.88. The van der Waals surface area contributed by atoms with E-state index in [1.807, 2.05) is 30.3 Å². The molecule has 1 unspecified atom stereocenters. The number of likely N-dealkylation sites (tertiary alicyclic amines) is 1. The predicted molar refractivity (Wildman–Crippen MR) is 85.8 cm³/mol. The lowest BCUT2D eigenvalue weighted by atomic mass is 9.98. The first-order chi connectivity index (χ1) is 10.8. The van der Waals surface area contributed by atoms with Gasteiger partial charge in [0, 0.05) is 30.7 Å². The van der Waals surface area contributed by atoms with Crippen molar-refractivity contribution in [2.45, 2.75) is 38.3 Å². The molecule has 0 spiro atoms. The summed E-state index contributed by atoms with van der Waals surface area (Å²) in [6.45, 7) is 5.61. The van der Waals surface area contributed by atoms with Gasteiger partial charge in [-0.05, 0) is 43.6 Å².